The van der Waals surface area contributed by atoms with Crippen molar-refractivity contribution < 1.29 is 9.47 Å². The zero-order chi connectivity index (χ0) is 21.4. The molecule has 0 radical (unpaired) electrons. The lowest BCUT2D eigenvalue weighted by atomic mass is 10.0. The van der Waals surface area contributed by atoms with Crippen LogP contribution in [0.15, 0.2) is 42.6 Å². The first-order chi connectivity index (χ1) is 14.7. The minimum absolute atomic E-state index is 0.698. The molecule has 0 unspecified atom stereocenters. The zero-order valence-electron chi connectivity index (χ0n) is 19.2. The quantitative estimate of drug-likeness (QED) is 0.162. The summed E-state index contributed by atoms with van der Waals surface area (Å²) in [4.78, 5) is 0. The largest absolute Gasteiger partial charge is 0.618 e. The first-order valence-corrected chi connectivity index (χ1v) is 12.2. The summed E-state index contributed by atoms with van der Waals surface area (Å²) >= 11 is 0. The van der Waals surface area contributed by atoms with Crippen LogP contribution in [0.3, 0.4) is 0 Å². The van der Waals surface area contributed by atoms with Crippen LogP contribution in [0.2, 0.25) is 0 Å². The summed E-state index contributed by atoms with van der Waals surface area (Å²) in [6.45, 7) is 5.25. The molecule has 2 rings (SSSR count). The Labute approximate surface area is 184 Å². The third-order valence-corrected chi connectivity index (χ3v) is 5.71. The number of hydrogen-bond acceptors (Lipinski definition) is 2. The molecule has 0 spiro atoms. The third-order valence-electron chi connectivity index (χ3n) is 5.71. The van der Waals surface area contributed by atoms with E-state index in [9.17, 15) is 5.21 Å². The van der Waals surface area contributed by atoms with Gasteiger partial charge in [0.25, 0.3) is 0 Å². The number of ether oxygens (including phenoxy) is 1. The fourth-order valence-corrected chi connectivity index (χ4v) is 3.80. The number of aromatic nitrogens is 1. The van der Waals surface area contributed by atoms with Crippen LogP contribution in [0, 0.1) is 5.21 Å². The van der Waals surface area contributed by atoms with Gasteiger partial charge in [-0.1, -0.05) is 78.1 Å². The summed E-state index contributed by atoms with van der Waals surface area (Å²) in [6, 6.07) is 11.9. The van der Waals surface area contributed by atoms with Gasteiger partial charge >= 0.3 is 0 Å². The Hall–Kier alpha value is -2.03. The first kappa shape index (κ1) is 24.2. The molecule has 3 nitrogen and oxygen atoms in total. The van der Waals surface area contributed by atoms with Crippen molar-refractivity contribution in [3.63, 3.8) is 0 Å². The predicted octanol–water partition coefficient (Wildman–Crippen LogP) is 7.63. The summed E-state index contributed by atoms with van der Waals surface area (Å²) in [5.74, 6) is 0.879. The van der Waals surface area contributed by atoms with Gasteiger partial charge in [-0.3, -0.25) is 0 Å². The maximum absolute atomic E-state index is 12.5. The van der Waals surface area contributed by atoms with E-state index in [0.717, 1.165) is 47.5 Å². The maximum Gasteiger partial charge on any atom is 0.223 e. The average Bonchev–Trinajstić information content (AvgIpc) is 2.76. The molecule has 0 aliphatic heterocycles. The number of aryl methyl sites for hydroxylation is 1. The van der Waals surface area contributed by atoms with Crippen molar-refractivity contribution in [1.82, 2.24) is 0 Å². The van der Waals surface area contributed by atoms with E-state index in [-0.39, 0.29) is 0 Å². The van der Waals surface area contributed by atoms with Gasteiger partial charge in [0.15, 0.2) is 6.20 Å². The Morgan fingerprint density at radius 2 is 1.30 bits per heavy atom. The van der Waals surface area contributed by atoms with Crippen LogP contribution in [-0.4, -0.2) is 6.61 Å². The molecule has 0 atom stereocenters. The van der Waals surface area contributed by atoms with E-state index in [1.165, 1.54) is 64.2 Å². The smallest absolute Gasteiger partial charge is 0.223 e. The Morgan fingerprint density at radius 3 is 1.93 bits per heavy atom. The van der Waals surface area contributed by atoms with Gasteiger partial charge in [-0.25, -0.2) is 0 Å². The summed E-state index contributed by atoms with van der Waals surface area (Å²) in [5.41, 5.74) is 2.76. The minimum atomic E-state index is 0.698. The summed E-state index contributed by atoms with van der Waals surface area (Å²) < 4.78 is 6.86. The van der Waals surface area contributed by atoms with Crippen molar-refractivity contribution in [3.05, 3.63) is 53.4 Å². The highest BCUT2D eigenvalue weighted by atomic mass is 16.5. The number of hydrogen-bond donors (Lipinski definition) is 0. The second-order valence-electron chi connectivity index (χ2n) is 8.41. The van der Waals surface area contributed by atoms with Gasteiger partial charge < -0.3 is 9.94 Å². The normalized spacial score (nSPS) is 11.0. The van der Waals surface area contributed by atoms with Gasteiger partial charge in [0, 0.05) is 17.2 Å². The zero-order valence-corrected chi connectivity index (χ0v) is 19.2. The standard InChI is InChI=1S/C27H41NO2/c1-3-5-7-9-11-13-15-24-16-21-27(28(29)23-24)25-17-19-26(20-18-25)30-22-14-12-10-8-6-4-2/h16-21,23H,3-15,22H2,1-2H3. The summed E-state index contributed by atoms with van der Waals surface area (Å²) in [5, 5.41) is 12.5. The average molecular weight is 412 g/mol. The Balaban J connectivity index is 1.76. The summed E-state index contributed by atoms with van der Waals surface area (Å²) in [7, 11) is 0. The molecule has 0 N–H and O–H groups in total. The van der Waals surface area contributed by atoms with E-state index < -0.39 is 0 Å². The molecule has 166 valence electrons. The molecule has 1 heterocycles. The SMILES string of the molecule is CCCCCCCCOc1ccc(-c2ccc(CCCCCCCC)c[n+]2[O-])cc1. The van der Waals surface area contributed by atoms with Crippen LogP contribution >= 0.6 is 0 Å². The Bertz CT molecular complexity index is 697. The van der Waals surface area contributed by atoms with Crippen molar-refractivity contribution in [2.75, 3.05) is 6.61 Å². The van der Waals surface area contributed by atoms with Crippen LogP contribution in [0.5, 0.6) is 5.75 Å². The molecular weight excluding hydrogens is 370 g/mol. The Kier molecular flexibility index (Phi) is 12.0. The van der Waals surface area contributed by atoms with Crippen LogP contribution in [0.25, 0.3) is 11.3 Å². The Morgan fingerprint density at radius 1 is 0.700 bits per heavy atom. The van der Waals surface area contributed by atoms with Crippen molar-refractivity contribution in [3.8, 4) is 17.0 Å². The number of rotatable bonds is 16. The molecule has 0 aliphatic carbocycles. The molecule has 0 bridgehead atoms. The first-order valence-electron chi connectivity index (χ1n) is 12.2. The van der Waals surface area contributed by atoms with Gasteiger partial charge in [-0.05, 0) is 49.6 Å². The van der Waals surface area contributed by atoms with E-state index in [1.807, 2.05) is 30.3 Å². The highest BCUT2D eigenvalue weighted by Gasteiger charge is 2.10. The molecule has 0 saturated carbocycles. The van der Waals surface area contributed by atoms with Gasteiger partial charge in [0.05, 0.1) is 6.61 Å². The van der Waals surface area contributed by atoms with Crippen LogP contribution < -0.4 is 9.47 Å². The predicted molar refractivity (Wildman–Crippen MR) is 127 cm³/mol. The monoisotopic (exact) mass is 411 g/mol. The molecule has 2 aromatic rings. The van der Waals surface area contributed by atoms with Crippen molar-refractivity contribution in [2.45, 2.75) is 97.3 Å². The highest BCUT2D eigenvalue weighted by molar-refractivity contribution is 5.57. The lowest BCUT2D eigenvalue weighted by Gasteiger charge is -2.09. The van der Waals surface area contributed by atoms with E-state index in [1.54, 1.807) is 6.20 Å². The fourth-order valence-electron chi connectivity index (χ4n) is 3.80. The minimum Gasteiger partial charge on any atom is -0.618 e. The molecule has 0 saturated heterocycles. The van der Waals surface area contributed by atoms with E-state index in [4.69, 9.17) is 4.74 Å². The number of nitrogens with zero attached hydrogens (tertiary/aromatic N) is 1. The lowest BCUT2D eigenvalue weighted by molar-refractivity contribution is -0.594. The second-order valence-corrected chi connectivity index (χ2v) is 8.41. The van der Waals surface area contributed by atoms with Crippen LogP contribution in [-0.2, 0) is 6.42 Å². The van der Waals surface area contributed by atoms with E-state index in [2.05, 4.69) is 19.9 Å². The number of benzene rings is 1. The third kappa shape index (κ3) is 9.19. The van der Waals surface area contributed by atoms with Gasteiger partial charge in [-0.2, -0.15) is 4.73 Å². The van der Waals surface area contributed by atoms with Crippen LogP contribution in [0.1, 0.15) is 96.5 Å². The molecule has 1 aromatic carbocycles. The van der Waals surface area contributed by atoms with Gasteiger partial charge in [-0.15, -0.1) is 0 Å². The molecule has 0 fully saturated rings. The van der Waals surface area contributed by atoms with E-state index in [0.29, 0.717) is 5.69 Å². The maximum atomic E-state index is 12.5. The molecule has 0 aliphatic rings. The van der Waals surface area contributed by atoms with Crippen molar-refractivity contribution in [1.29, 1.82) is 0 Å². The second kappa shape index (κ2) is 14.9. The van der Waals surface area contributed by atoms with Crippen LogP contribution in [0.4, 0.5) is 0 Å². The molecule has 30 heavy (non-hydrogen) atoms. The fraction of sp³-hybridized carbons (Fsp3) is 0.593. The van der Waals surface area contributed by atoms with Crippen molar-refractivity contribution >= 4 is 0 Å². The number of unbranched alkanes of at least 4 members (excludes halogenated alkanes) is 10. The van der Waals surface area contributed by atoms with Gasteiger partial charge in [0.2, 0.25) is 5.69 Å². The molecule has 0 amide bonds. The topological polar surface area (TPSA) is 36.2 Å². The van der Waals surface area contributed by atoms with Gasteiger partial charge in [0.1, 0.15) is 5.75 Å². The number of pyridine rings is 1. The highest BCUT2D eigenvalue weighted by Crippen LogP contribution is 2.21. The molecule has 3 heteroatoms. The molecule has 1 aromatic heterocycles. The lowest BCUT2D eigenvalue weighted by Crippen LogP contribution is -2.29. The van der Waals surface area contributed by atoms with E-state index >= 15 is 0 Å². The summed E-state index contributed by atoms with van der Waals surface area (Å²) in [6.07, 6.45) is 18.0. The van der Waals surface area contributed by atoms with Crippen molar-refractivity contribution in [2.24, 2.45) is 0 Å². The molecular formula is C27H41NO2.